The lowest BCUT2D eigenvalue weighted by Gasteiger charge is -2.59. The molecule has 0 aliphatic heterocycles. The molecule has 0 saturated heterocycles. The Balaban J connectivity index is 1.69. The molecule has 128 valence electrons. The van der Waals surface area contributed by atoms with Crippen LogP contribution in [-0.4, -0.2) is 16.5 Å². The zero-order valence-electron chi connectivity index (χ0n) is 15.0. The number of carbonyl (C=O) groups is 1. The van der Waals surface area contributed by atoms with Crippen LogP contribution in [-0.2, 0) is 4.79 Å². The molecule has 6 atom stereocenters. The van der Waals surface area contributed by atoms with Crippen LogP contribution in [0.4, 0.5) is 0 Å². The van der Waals surface area contributed by atoms with Gasteiger partial charge in [-0.2, -0.15) is 0 Å². The molecule has 3 fully saturated rings. The first kappa shape index (κ1) is 15.9. The van der Waals surface area contributed by atoms with Gasteiger partial charge in [-0.1, -0.05) is 26.3 Å². The highest BCUT2D eigenvalue weighted by atomic mass is 16.3. The topological polar surface area (TPSA) is 37.3 Å². The SMILES string of the molecule is CC[C@]1(O)CC[C@@H]2[C@H]3CCC4=CC(=O)CC[C@]4(C)[C@@H]3CC[C@@]21C. The van der Waals surface area contributed by atoms with Crippen LogP contribution in [0, 0.1) is 28.6 Å². The predicted octanol–water partition coefficient (Wildman–Crippen LogP) is 4.66. The highest BCUT2D eigenvalue weighted by Gasteiger charge is 2.63. The molecule has 3 saturated carbocycles. The summed E-state index contributed by atoms with van der Waals surface area (Å²) in [5, 5.41) is 11.2. The molecule has 0 aromatic carbocycles. The number of ketones is 1. The van der Waals surface area contributed by atoms with Crippen LogP contribution >= 0.6 is 0 Å². The summed E-state index contributed by atoms with van der Waals surface area (Å²) in [6.07, 6.45) is 11.6. The van der Waals surface area contributed by atoms with Gasteiger partial charge in [0.2, 0.25) is 0 Å². The molecule has 0 aromatic heterocycles. The number of hydrogen-bond acceptors (Lipinski definition) is 2. The average Bonchev–Trinajstić information content (AvgIpc) is 2.80. The first-order valence-corrected chi connectivity index (χ1v) is 9.80. The van der Waals surface area contributed by atoms with Gasteiger partial charge in [0.05, 0.1) is 5.60 Å². The van der Waals surface area contributed by atoms with Gasteiger partial charge in [-0.3, -0.25) is 4.79 Å². The second-order valence-corrected chi connectivity index (χ2v) is 9.35. The van der Waals surface area contributed by atoms with E-state index < -0.39 is 5.60 Å². The molecule has 0 unspecified atom stereocenters. The third kappa shape index (κ3) is 1.94. The van der Waals surface area contributed by atoms with Crippen molar-refractivity contribution in [3.63, 3.8) is 0 Å². The second-order valence-electron chi connectivity index (χ2n) is 9.35. The molecule has 1 N–H and O–H groups in total. The Hall–Kier alpha value is -0.630. The van der Waals surface area contributed by atoms with Crippen LogP contribution in [0.1, 0.15) is 78.6 Å². The Kier molecular flexibility index (Phi) is 3.41. The van der Waals surface area contributed by atoms with E-state index >= 15 is 0 Å². The molecule has 4 aliphatic rings. The van der Waals surface area contributed by atoms with Crippen molar-refractivity contribution in [3.05, 3.63) is 11.6 Å². The summed E-state index contributed by atoms with van der Waals surface area (Å²) in [5.74, 6) is 2.51. The van der Waals surface area contributed by atoms with Gasteiger partial charge in [-0.05, 0) is 86.0 Å². The Labute approximate surface area is 140 Å². The summed E-state index contributed by atoms with van der Waals surface area (Å²) in [7, 11) is 0. The molecule has 0 aromatic rings. The van der Waals surface area contributed by atoms with Crippen molar-refractivity contribution < 1.29 is 9.90 Å². The monoisotopic (exact) mass is 316 g/mol. The van der Waals surface area contributed by atoms with E-state index in [1.54, 1.807) is 0 Å². The van der Waals surface area contributed by atoms with Crippen LogP contribution in [0.2, 0.25) is 0 Å². The van der Waals surface area contributed by atoms with Gasteiger partial charge in [0.1, 0.15) is 0 Å². The van der Waals surface area contributed by atoms with Gasteiger partial charge < -0.3 is 5.11 Å². The van der Waals surface area contributed by atoms with E-state index in [1.807, 2.05) is 6.08 Å². The van der Waals surface area contributed by atoms with Crippen LogP contribution in [0.3, 0.4) is 0 Å². The fraction of sp³-hybridized carbons (Fsp3) is 0.857. The van der Waals surface area contributed by atoms with Crippen molar-refractivity contribution in [2.24, 2.45) is 28.6 Å². The maximum Gasteiger partial charge on any atom is 0.155 e. The summed E-state index contributed by atoms with van der Waals surface area (Å²) in [5.41, 5.74) is 1.38. The van der Waals surface area contributed by atoms with Crippen LogP contribution in [0.25, 0.3) is 0 Å². The van der Waals surface area contributed by atoms with E-state index in [0.717, 1.165) is 43.9 Å². The number of carbonyl (C=O) groups excluding carboxylic acids is 1. The van der Waals surface area contributed by atoms with Crippen molar-refractivity contribution in [1.29, 1.82) is 0 Å². The first-order chi connectivity index (χ1) is 10.8. The molecule has 2 nitrogen and oxygen atoms in total. The van der Waals surface area contributed by atoms with Gasteiger partial charge in [-0.15, -0.1) is 0 Å². The third-order valence-corrected chi connectivity index (χ3v) is 8.87. The standard InChI is InChI=1S/C21H32O2/c1-4-21(23)12-9-18-16-6-5-14-13-15(22)7-10-19(14,2)17(16)8-11-20(18,21)3/h13,16-18,23H,4-12H2,1-3H3/t16-,17+,18+,19-,20-,21-/m0/s1. The Morgan fingerprint density at radius 2 is 1.83 bits per heavy atom. The van der Waals surface area contributed by atoms with Crippen molar-refractivity contribution in [2.45, 2.75) is 84.2 Å². The predicted molar refractivity (Wildman–Crippen MR) is 92.0 cm³/mol. The van der Waals surface area contributed by atoms with E-state index in [9.17, 15) is 9.90 Å². The minimum atomic E-state index is -0.442. The summed E-state index contributed by atoms with van der Waals surface area (Å²) >= 11 is 0. The van der Waals surface area contributed by atoms with Crippen molar-refractivity contribution in [3.8, 4) is 0 Å². The fourth-order valence-electron chi connectivity index (χ4n) is 7.25. The largest absolute Gasteiger partial charge is 0.389 e. The first-order valence-electron chi connectivity index (χ1n) is 9.80. The van der Waals surface area contributed by atoms with Crippen LogP contribution in [0.5, 0.6) is 0 Å². The van der Waals surface area contributed by atoms with Crippen LogP contribution in [0.15, 0.2) is 11.6 Å². The van der Waals surface area contributed by atoms with Gasteiger partial charge >= 0.3 is 0 Å². The molecule has 0 spiro atoms. The minimum Gasteiger partial charge on any atom is -0.389 e. The van der Waals surface area contributed by atoms with Gasteiger partial charge in [0, 0.05) is 6.42 Å². The number of aliphatic hydroxyl groups is 1. The number of allylic oxidation sites excluding steroid dienone is 1. The van der Waals surface area contributed by atoms with E-state index in [0.29, 0.717) is 11.7 Å². The Morgan fingerprint density at radius 3 is 2.57 bits per heavy atom. The summed E-state index contributed by atoms with van der Waals surface area (Å²) in [4.78, 5) is 11.9. The molecule has 0 amide bonds. The summed E-state index contributed by atoms with van der Waals surface area (Å²) in [6.45, 7) is 6.98. The van der Waals surface area contributed by atoms with E-state index in [2.05, 4.69) is 20.8 Å². The molecule has 2 heteroatoms. The van der Waals surface area contributed by atoms with E-state index in [-0.39, 0.29) is 10.8 Å². The lowest BCUT2D eigenvalue weighted by molar-refractivity contribution is -0.130. The molecule has 0 radical (unpaired) electrons. The Morgan fingerprint density at radius 1 is 1.09 bits per heavy atom. The number of fused-ring (bicyclic) bond motifs is 5. The molecule has 0 heterocycles. The number of hydrogen-bond donors (Lipinski definition) is 1. The summed E-state index contributed by atoms with van der Waals surface area (Å²) < 4.78 is 0. The lowest BCUT2D eigenvalue weighted by atomic mass is 9.46. The van der Waals surface area contributed by atoms with Crippen molar-refractivity contribution in [2.75, 3.05) is 0 Å². The average molecular weight is 316 g/mol. The maximum atomic E-state index is 11.9. The number of rotatable bonds is 1. The van der Waals surface area contributed by atoms with Crippen LogP contribution < -0.4 is 0 Å². The smallest absolute Gasteiger partial charge is 0.155 e. The molecular formula is C21H32O2. The van der Waals surface area contributed by atoms with E-state index in [1.165, 1.54) is 31.3 Å². The van der Waals surface area contributed by atoms with E-state index in [4.69, 9.17) is 0 Å². The zero-order chi connectivity index (χ0) is 16.5. The van der Waals surface area contributed by atoms with Gasteiger partial charge in [0.25, 0.3) is 0 Å². The fourth-order valence-corrected chi connectivity index (χ4v) is 7.25. The zero-order valence-corrected chi connectivity index (χ0v) is 15.0. The second kappa shape index (κ2) is 4.94. The summed E-state index contributed by atoms with van der Waals surface area (Å²) in [6, 6.07) is 0. The third-order valence-electron chi connectivity index (χ3n) is 8.87. The Bertz CT molecular complexity index is 564. The van der Waals surface area contributed by atoms with Gasteiger partial charge in [0.15, 0.2) is 5.78 Å². The van der Waals surface area contributed by atoms with Gasteiger partial charge in [-0.25, -0.2) is 0 Å². The minimum absolute atomic E-state index is 0.116. The van der Waals surface area contributed by atoms with Crippen molar-refractivity contribution >= 4 is 5.78 Å². The highest BCUT2D eigenvalue weighted by molar-refractivity contribution is 5.91. The lowest BCUT2D eigenvalue weighted by Crippen LogP contribution is -2.54. The molecule has 23 heavy (non-hydrogen) atoms. The highest BCUT2D eigenvalue weighted by Crippen LogP contribution is 2.67. The normalized spacial score (nSPS) is 52.4. The molecule has 4 aliphatic carbocycles. The quantitative estimate of drug-likeness (QED) is 0.764. The maximum absolute atomic E-state index is 11.9. The molecular weight excluding hydrogens is 284 g/mol. The molecule has 4 rings (SSSR count). The van der Waals surface area contributed by atoms with Crippen molar-refractivity contribution in [1.82, 2.24) is 0 Å². The molecule has 0 bridgehead atoms.